The maximum atomic E-state index is 13.2. The molecule has 162 valence electrons. The van der Waals surface area contributed by atoms with E-state index in [0.29, 0.717) is 24.7 Å². The van der Waals surface area contributed by atoms with Crippen molar-refractivity contribution in [1.82, 2.24) is 9.80 Å². The molecule has 0 bridgehead atoms. The van der Waals surface area contributed by atoms with Gasteiger partial charge in [0.15, 0.2) is 18.1 Å². The molecule has 0 aliphatic carbocycles. The van der Waals surface area contributed by atoms with E-state index in [2.05, 4.69) is 11.8 Å². The molecule has 1 aliphatic rings. The van der Waals surface area contributed by atoms with E-state index in [1.165, 1.54) is 0 Å². The Morgan fingerprint density at radius 1 is 1.03 bits per heavy atom. The van der Waals surface area contributed by atoms with E-state index in [1.807, 2.05) is 66.4 Å². The molecule has 2 aromatic rings. The first-order valence-corrected chi connectivity index (χ1v) is 10.7. The Morgan fingerprint density at radius 2 is 1.67 bits per heavy atom. The second-order valence-corrected chi connectivity index (χ2v) is 7.44. The summed E-state index contributed by atoms with van der Waals surface area (Å²) in [4.78, 5) is 17.5. The number of morpholine rings is 1. The summed E-state index contributed by atoms with van der Waals surface area (Å²) in [5, 5.41) is 0. The second kappa shape index (κ2) is 11.6. The monoisotopic (exact) mass is 412 g/mol. The maximum Gasteiger partial charge on any atom is 0.261 e. The van der Waals surface area contributed by atoms with Crippen LogP contribution < -0.4 is 9.47 Å². The molecular formula is C24H32N2O4. The Morgan fingerprint density at radius 3 is 2.33 bits per heavy atom. The van der Waals surface area contributed by atoms with Crippen molar-refractivity contribution in [1.29, 1.82) is 0 Å². The lowest BCUT2D eigenvalue weighted by Crippen LogP contribution is -2.49. The lowest BCUT2D eigenvalue weighted by molar-refractivity contribution is -0.136. The number of carbonyl (C=O) groups is 1. The summed E-state index contributed by atoms with van der Waals surface area (Å²) >= 11 is 0. The van der Waals surface area contributed by atoms with Gasteiger partial charge in [-0.05, 0) is 31.5 Å². The third-order valence-corrected chi connectivity index (χ3v) is 5.17. The number of benzene rings is 2. The second-order valence-electron chi connectivity index (χ2n) is 7.44. The van der Waals surface area contributed by atoms with Crippen LogP contribution in [0.5, 0.6) is 11.5 Å². The van der Waals surface area contributed by atoms with Gasteiger partial charge in [0, 0.05) is 32.2 Å². The molecular weight excluding hydrogens is 380 g/mol. The van der Waals surface area contributed by atoms with Crippen molar-refractivity contribution < 1.29 is 19.0 Å². The zero-order valence-electron chi connectivity index (χ0n) is 18.0. The predicted molar refractivity (Wildman–Crippen MR) is 117 cm³/mol. The van der Waals surface area contributed by atoms with Crippen LogP contribution in [-0.4, -0.2) is 67.8 Å². The Balaban J connectivity index is 1.67. The highest BCUT2D eigenvalue weighted by molar-refractivity contribution is 5.78. The largest absolute Gasteiger partial charge is 0.490 e. The van der Waals surface area contributed by atoms with Crippen molar-refractivity contribution in [3.8, 4) is 11.5 Å². The van der Waals surface area contributed by atoms with Crippen LogP contribution in [0, 0.1) is 0 Å². The Kier molecular flexibility index (Phi) is 8.53. The fourth-order valence-corrected chi connectivity index (χ4v) is 3.59. The first kappa shape index (κ1) is 22.1. The Bertz CT molecular complexity index is 778. The topological polar surface area (TPSA) is 51.2 Å². The molecule has 1 unspecified atom stereocenters. The molecule has 30 heavy (non-hydrogen) atoms. The van der Waals surface area contributed by atoms with Crippen molar-refractivity contribution in [3.05, 3.63) is 60.2 Å². The number of rotatable bonds is 10. The molecule has 1 fully saturated rings. The van der Waals surface area contributed by atoms with Crippen molar-refractivity contribution in [2.75, 3.05) is 46.1 Å². The van der Waals surface area contributed by atoms with Gasteiger partial charge in [0.25, 0.3) is 5.91 Å². The molecule has 3 rings (SSSR count). The molecule has 1 atom stereocenters. The van der Waals surface area contributed by atoms with Gasteiger partial charge in [-0.3, -0.25) is 9.69 Å². The van der Waals surface area contributed by atoms with Gasteiger partial charge in [-0.2, -0.15) is 0 Å². The summed E-state index contributed by atoms with van der Waals surface area (Å²) in [7, 11) is 0. The number of para-hydroxylation sites is 2. The number of ether oxygens (including phenoxy) is 3. The van der Waals surface area contributed by atoms with E-state index in [1.54, 1.807) is 0 Å². The van der Waals surface area contributed by atoms with Crippen LogP contribution in [0.2, 0.25) is 0 Å². The number of amides is 1. The first-order chi connectivity index (χ1) is 14.7. The molecule has 1 saturated heterocycles. The average Bonchev–Trinajstić information content (AvgIpc) is 2.78. The highest BCUT2D eigenvalue weighted by Gasteiger charge is 2.24. The first-order valence-electron chi connectivity index (χ1n) is 10.7. The molecule has 1 heterocycles. The zero-order valence-corrected chi connectivity index (χ0v) is 18.0. The summed E-state index contributed by atoms with van der Waals surface area (Å²) in [6.07, 6.45) is 0. The van der Waals surface area contributed by atoms with Gasteiger partial charge in [0.1, 0.15) is 0 Å². The van der Waals surface area contributed by atoms with E-state index < -0.39 is 0 Å². The third-order valence-electron chi connectivity index (χ3n) is 5.17. The molecule has 6 heteroatoms. The summed E-state index contributed by atoms with van der Waals surface area (Å²) in [6, 6.07) is 17.6. The average molecular weight is 413 g/mol. The number of nitrogens with zero attached hydrogens (tertiary/aromatic N) is 2. The number of carbonyl (C=O) groups excluding carboxylic acids is 1. The fraction of sp³-hybridized carbons (Fsp3) is 0.458. The smallest absolute Gasteiger partial charge is 0.261 e. The van der Waals surface area contributed by atoms with Crippen LogP contribution in [0.4, 0.5) is 0 Å². The Labute approximate surface area is 179 Å². The van der Waals surface area contributed by atoms with Gasteiger partial charge in [0.05, 0.1) is 19.8 Å². The van der Waals surface area contributed by atoms with Gasteiger partial charge in [-0.1, -0.05) is 42.5 Å². The fourth-order valence-electron chi connectivity index (χ4n) is 3.59. The van der Waals surface area contributed by atoms with Crippen molar-refractivity contribution >= 4 is 5.91 Å². The van der Waals surface area contributed by atoms with Crippen LogP contribution >= 0.6 is 0 Å². The van der Waals surface area contributed by atoms with Gasteiger partial charge in [-0.15, -0.1) is 0 Å². The van der Waals surface area contributed by atoms with Crippen molar-refractivity contribution in [2.24, 2.45) is 0 Å². The van der Waals surface area contributed by atoms with Gasteiger partial charge >= 0.3 is 0 Å². The molecule has 0 radical (unpaired) electrons. The Hall–Kier alpha value is -2.57. The van der Waals surface area contributed by atoms with E-state index >= 15 is 0 Å². The summed E-state index contributed by atoms with van der Waals surface area (Å²) < 4.78 is 16.9. The summed E-state index contributed by atoms with van der Waals surface area (Å²) in [5.41, 5.74) is 1.11. The third kappa shape index (κ3) is 6.47. The standard InChI is InChI=1S/C24H32N2O4/c1-3-29-22-11-7-8-12-23(22)30-19-24(27)26(18-21-9-5-4-6-10-21)20(2)17-25-13-15-28-16-14-25/h4-12,20H,3,13-19H2,1-2H3. The van der Waals surface area contributed by atoms with Gasteiger partial charge < -0.3 is 19.1 Å². The van der Waals surface area contributed by atoms with Crippen LogP contribution in [0.3, 0.4) is 0 Å². The lowest BCUT2D eigenvalue weighted by atomic mass is 10.1. The number of hydrogen-bond donors (Lipinski definition) is 0. The van der Waals surface area contributed by atoms with Crippen LogP contribution in [0.25, 0.3) is 0 Å². The summed E-state index contributed by atoms with van der Waals surface area (Å²) in [5.74, 6) is 1.21. The maximum absolute atomic E-state index is 13.2. The highest BCUT2D eigenvalue weighted by atomic mass is 16.5. The minimum atomic E-state index is -0.0362. The van der Waals surface area contributed by atoms with E-state index in [0.717, 1.165) is 38.4 Å². The van der Waals surface area contributed by atoms with Crippen LogP contribution in [0.15, 0.2) is 54.6 Å². The van der Waals surface area contributed by atoms with Crippen LogP contribution in [0.1, 0.15) is 19.4 Å². The van der Waals surface area contributed by atoms with Gasteiger partial charge in [-0.25, -0.2) is 0 Å². The van der Waals surface area contributed by atoms with E-state index in [4.69, 9.17) is 14.2 Å². The summed E-state index contributed by atoms with van der Waals surface area (Å²) in [6.45, 7) is 9.22. The number of hydrogen-bond acceptors (Lipinski definition) is 5. The molecule has 0 N–H and O–H groups in total. The zero-order chi connectivity index (χ0) is 21.2. The van der Waals surface area contributed by atoms with Crippen molar-refractivity contribution in [3.63, 3.8) is 0 Å². The minimum absolute atomic E-state index is 0.0234. The molecule has 1 aliphatic heterocycles. The van der Waals surface area contributed by atoms with Crippen LogP contribution in [-0.2, 0) is 16.1 Å². The molecule has 0 aromatic heterocycles. The minimum Gasteiger partial charge on any atom is -0.490 e. The molecule has 1 amide bonds. The normalized spacial score (nSPS) is 15.4. The van der Waals surface area contributed by atoms with Crippen molar-refractivity contribution in [2.45, 2.75) is 26.4 Å². The molecule has 6 nitrogen and oxygen atoms in total. The molecule has 0 saturated carbocycles. The molecule has 2 aromatic carbocycles. The molecule has 0 spiro atoms. The van der Waals surface area contributed by atoms with E-state index in [-0.39, 0.29) is 18.6 Å². The highest BCUT2D eigenvalue weighted by Crippen LogP contribution is 2.26. The quantitative estimate of drug-likeness (QED) is 0.600. The SMILES string of the molecule is CCOc1ccccc1OCC(=O)N(Cc1ccccc1)C(C)CN1CCOCC1. The van der Waals surface area contributed by atoms with E-state index in [9.17, 15) is 4.79 Å². The van der Waals surface area contributed by atoms with Gasteiger partial charge in [0.2, 0.25) is 0 Å². The lowest BCUT2D eigenvalue weighted by Gasteiger charge is -2.35. The predicted octanol–water partition coefficient (Wildman–Crippen LogP) is 3.21.